The van der Waals surface area contributed by atoms with Crippen molar-refractivity contribution in [2.45, 2.75) is 4.90 Å². The van der Waals surface area contributed by atoms with Crippen molar-refractivity contribution in [1.29, 1.82) is 0 Å². The summed E-state index contributed by atoms with van der Waals surface area (Å²) in [6.07, 6.45) is 0. The van der Waals surface area contributed by atoms with Gasteiger partial charge in [0, 0.05) is 19.5 Å². The summed E-state index contributed by atoms with van der Waals surface area (Å²) < 4.78 is 1.66. The lowest BCUT2D eigenvalue weighted by molar-refractivity contribution is 0.102. The van der Waals surface area contributed by atoms with Crippen molar-refractivity contribution >= 4 is 67.7 Å². The number of rotatable bonds is 2. The van der Waals surface area contributed by atoms with Crippen molar-refractivity contribution in [3.63, 3.8) is 0 Å². The Morgan fingerprint density at radius 1 is 1.16 bits per heavy atom. The van der Waals surface area contributed by atoms with Crippen LogP contribution in [0.15, 0.2) is 50.2 Å². The molecule has 98 valence electrons. The predicted octanol–water partition coefficient (Wildman–Crippen LogP) is 5.41. The third-order valence-corrected chi connectivity index (χ3v) is 4.48. The molecule has 0 bridgehead atoms. The molecule has 6 heteroatoms. The van der Waals surface area contributed by atoms with Crippen LogP contribution in [0.25, 0.3) is 0 Å². The average Bonchev–Trinajstić information content (AvgIpc) is 2.33. The van der Waals surface area contributed by atoms with Gasteiger partial charge < -0.3 is 5.32 Å². The molecule has 0 saturated carbocycles. The molecule has 0 aliphatic heterocycles. The number of benzene rings is 2. The minimum atomic E-state index is -0.226. The third kappa shape index (κ3) is 3.75. The first-order valence-corrected chi connectivity index (χ1v) is 7.63. The van der Waals surface area contributed by atoms with E-state index in [1.807, 2.05) is 0 Å². The van der Waals surface area contributed by atoms with Crippen LogP contribution < -0.4 is 5.32 Å². The van der Waals surface area contributed by atoms with Crippen molar-refractivity contribution in [2.75, 3.05) is 5.32 Å². The number of hydrogen-bond acceptors (Lipinski definition) is 2. The summed E-state index contributed by atoms with van der Waals surface area (Å²) in [7, 11) is 0. The fourth-order valence-corrected chi connectivity index (χ4v) is 2.75. The zero-order chi connectivity index (χ0) is 14.0. The summed E-state index contributed by atoms with van der Waals surface area (Å²) in [5.74, 6) is -0.226. The molecule has 19 heavy (non-hydrogen) atoms. The zero-order valence-corrected chi connectivity index (χ0v) is 14.3. The van der Waals surface area contributed by atoms with E-state index in [1.54, 1.807) is 36.4 Å². The molecule has 0 radical (unpaired) electrons. The minimum absolute atomic E-state index is 0.226. The molecule has 0 aliphatic carbocycles. The molecule has 0 fully saturated rings. The molecule has 2 aromatic rings. The highest BCUT2D eigenvalue weighted by atomic mass is 79.9. The van der Waals surface area contributed by atoms with E-state index >= 15 is 0 Å². The lowest BCUT2D eigenvalue weighted by atomic mass is 10.2. The molecule has 0 aromatic heterocycles. The average molecular weight is 422 g/mol. The van der Waals surface area contributed by atoms with Crippen molar-refractivity contribution in [2.24, 2.45) is 0 Å². The predicted molar refractivity (Wildman–Crippen MR) is 88.5 cm³/mol. The van der Waals surface area contributed by atoms with Crippen molar-refractivity contribution in [1.82, 2.24) is 0 Å². The van der Waals surface area contributed by atoms with Crippen LogP contribution in [0.5, 0.6) is 0 Å². The first-order chi connectivity index (χ1) is 8.97. The Balaban J connectivity index is 2.23. The van der Waals surface area contributed by atoms with E-state index in [1.165, 1.54) is 0 Å². The Bertz CT molecular complexity index is 649. The van der Waals surface area contributed by atoms with Gasteiger partial charge in [0.2, 0.25) is 0 Å². The topological polar surface area (TPSA) is 29.1 Å². The molecule has 1 amide bonds. The maximum atomic E-state index is 12.1. The standard InChI is InChI=1S/C13H8Br2ClNOS/c14-7-1-3-9(12(19)5-7)13(18)17-8-2-4-10(15)11(16)6-8/h1-6,19H,(H,17,18). The highest BCUT2D eigenvalue weighted by molar-refractivity contribution is 9.10. The first kappa shape index (κ1) is 14.9. The van der Waals surface area contributed by atoms with Gasteiger partial charge in [0.25, 0.3) is 5.91 Å². The van der Waals surface area contributed by atoms with E-state index in [4.69, 9.17) is 11.6 Å². The Morgan fingerprint density at radius 2 is 1.89 bits per heavy atom. The molecule has 0 atom stereocenters. The summed E-state index contributed by atoms with van der Waals surface area (Å²) in [6.45, 7) is 0. The van der Waals surface area contributed by atoms with Gasteiger partial charge in [-0.3, -0.25) is 4.79 Å². The molecule has 2 aromatic carbocycles. The zero-order valence-electron chi connectivity index (χ0n) is 9.45. The highest BCUT2D eigenvalue weighted by Gasteiger charge is 2.10. The molecular weight excluding hydrogens is 413 g/mol. The van der Waals surface area contributed by atoms with Crippen LogP contribution in [0, 0.1) is 0 Å². The number of halogens is 3. The quantitative estimate of drug-likeness (QED) is 0.624. The van der Waals surface area contributed by atoms with Crippen LogP contribution >= 0.6 is 56.1 Å². The van der Waals surface area contributed by atoms with E-state index in [0.717, 1.165) is 8.95 Å². The number of thiol groups is 1. The maximum Gasteiger partial charge on any atom is 0.256 e. The minimum Gasteiger partial charge on any atom is -0.322 e. The van der Waals surface area contributed by atoms with Gasteiger partial charge in [0.1, 0.15) is 0 Å². The van der Waals surface area contributed by atoms with Gasteiger partial charge in [-0.05, 0) is 52.3 Å². The van der Waals surface area contributed by atoms with Gasteiger partial charge in [0.15, 0.2) is 0 Å². The Morgan fingerprint density at radius 3 is 2.53 bits per heavy atom. The first-order valence-electron chi connectivity index (χ1n) is 5.22. The molecular formula is C13H8Br2ClNOS. The Hall–Kier alpha value is -0.490. The number of anilines is 1. The van der Waals surface area contributed by atoms with Crippen LogP contribution in [0.1, 0.15) is 10.4 Å². The number of carbonyl (C=O) groups excluding carboxylic acids is 1. The monoisotopic (exact) mass is 419 g/mol. The van der Waals surface area contributed by atoms with Crippen molar-refractivity contribution < 1.29 is 4.79 Å². The van der Waals surface area contributed by atoms with Crippen LogP contribution in [0.3, 0.4) is 0 Å². The highest BCUT2D eigenvalue weighted by Crippen LogP contribution is 2.26. The second kappa shape index (κ2) is 6.31. The Kier molecular flexibility index (Phi) is 4.95. The summed E-state index contributed by atoms with van der Waals surface area (Å²) in [4.78, 5) is 12.7. The second-order valence-electron chi connectivity index (χ2n) is 3.74. The smallest absolute Gasteiger partial charge is 0.256 e. The van der Waals surface area contributed by atoms with Crippen molar-refractivity contribution in [3.8, 4) is 0 Å². The number of amides is 1. The molecule has 2 nitrogen and oxygen atoms in total. The van der Waals surface area contributed by atoms with Gasteiger partial charge in [-0.2, -0.15) is 0 Å². The maximum absolute atomic E-state index is 12.1. The van der Waals surface area contributed by atoms with Crippen LogP contribution in [0.2, 0.25) is 5.02 Å². The van der Waals surface area contributed by atoms with Gasteiger partial charge >= 0.3 is 0 Å². The molecule has 0 unspecified atom stereocenters. The van der Waals surface area contributed by atoms with Crippen LogP contribution in [-0.2, 0) is 0 Å². The van der Waals surface area contributed by atoms with Gasteiger partial charge in [-0.25, -0.2) is 0 Å². The Labute approximate surface area is 138 Å². The summed E-state index contributed by atoms with van der Waals surface area (Å²) in [6, 6.07) is 10.5. The normalized spacial score (nSPS) is 10.3. The molecule has 1 N–H and O–H groups in total. The summed E-state index contributed by atoms with van der Waals surface area (Å²) in [5.41, 5.74) is 1.14. The second-order valence-corrected chi connectivity index (χ2v) is 6.40. The molecule has 0 aliphatic rings. The number of nitrogens with one attached hydrogen (secondary N) is 1. The van der Waals surface area contributed by atoms with E-state index in [-0.39, 0.29) is 5.91 Å². The van der Waals surface area contributed by atoms with Crippen LogP contribution in [0.4, 0.5) is 5.69 Å². The van der Waals surface area contributed by atoms with Crippen LogP contribution in [-0.4, -0.2) is 5.91 Å². The molecule has 0 spiro atoms. The largest absolute Gasteiger partial charge is 0.322 e. The van der Waals surface area contributed by atoms with E-state index in [0.29, 0.717) is 21.2 Å². The SMILES string of the molecule is O=C(Nc1ccc(Br)c(Cl)c1)c1ccc(Br)cc1S. The molecule has 0 heterocycles. The van der Waals surface area contributed by atoms with Gasteiger partial charge in [0.05, 0.1) is 10.6 Å². The van der Waals surface area contributed by atoms with Gasteiger partial charge in [-0.1, -0.05) is 27.5 Å². The number of hydrogen-bond donors (Lipinski definition) is 2. The molecule has 2 rings (SSSR count). The fourth-order valence-electron chi connectivity index (χ4n) is 1.47. The molecule has 0 saturated heterocycles. The lowest BCUT2D eigenvalue weighted by Crippen LogP contribution is -2.12. The van der Waals surface area contributed by atoms with Crippen molar-refractivity contribution in [3.05, 3.63) is 55.9 Å². The van der Waals surface area contributed by atoms with Gasteiger partial charge in [-0.15, -0.1) is 12.6 Å². The van der Waals surface area contributed by atoms with E-state index in [9.17, 15) is 4.79 Å². The lowest BCUT2D eigenvalue weighted by Gasteiger charge is -2.08. The number of carbonyl (C=O) groups is 1. The van der Waals surface area contributed by atoms with E-state index < -0.39 is 0 Å². The van der Waals surface area contributed by atoms with E-state index in [2.05, 4.69) is 49.8 Å². The summed E-state index contributed by atoms with van der Waals surface area (Å²) >= 11 is 16.9. The third-order valence-electron chi connectivity index (χ3n) is 2.38. The fraction of sp³-hybridized carbons (Fsp3) is 0. The summed E-state index contributed by atoms with van der Waals surface area (Å²) in [5, 5.41) is 3.32.